The second kappa shape index (κ2) is 8.50. The summed E-state index contributed by atoms with van der Waals surface area (Å²) in [5.74, 6) is -1.13. The molecule has 1 atom stereocenters. The van der Waals surface area contributed by atoms with Crippen molar-refractivity contribution in [3.8, 4) is 0 Å². The Morgan fingerprint density at radius 1 is 1.24 bits per heavy atom. The lowest BCUT2D eigenvalue weighted by Gasteiger charge is -2.39. The first-order valence-corrected chi connectivity index (χ1v) is 10.3. The number of carbonyl (C=O) groups is 2. The van der Waals surface area contributed by atoms with Crippen LogP contribution in [0.4, 0.5) is 0 Å². The zero-order chi connectivity index (χ0) is 21.3. The Balaban J connectivity index is 2.14. The monoisotopic (exact) mass is 437 g/mol. The Morgan fingerprint density at radius 3 is 2.66 bits per heavy atom. The third kappa shape index (κ3) is 4.37. The number of carbonyl (C=O) groups excluding carboxylic acids is 2. The number of esters is 1. The molecule has 0 saturated carbocycles. The van der Waals surface area contributed by atoms with Crippen molar-refractivity contribution >= 4 is 35.0 Å². The average Bonchev–Trinajstić information content (AvgIpc) is 2.62. The summed E-state index contributed by atoms with van der Waals surface area (Å²) in [6.07, 6.45) is 1.10. The molecule has 2 aliphatic rings. The Morgan fingerprint density at radius 2 is 1.97 bits per heavy atom. The summed E-state index contributed by atoms with van der Waals surface area (Å²) in [7, 11) is 1.54. The number of dihydropyridines is 1. The molecule has 0 aromatic heterocycles. The smallest absolute Gasteiger partial charge is 0.336 e. The van der Waals surface area contributed by atoms with Crippen molar-refractivity contribution in [3.63, 3.8) is 0 Å². The van der Waals surface area contributed by atoms with E-state index >= 15 is 0 Å². The number of methoxy groups -OCH3 is 1. The molecule has 0 saturated heterocycles. The fourth-order valence-corrected chi connectivity index (χ4v) is 4.47. The number of hydrogen-bond acceptors (Lipinski definition) is 5. The molecule has 1 aromatic carbocycles. The van der Waals surface area contributed by atoms with Gasteiger partial charge in [0.1, 0.15) is 6.61 Å². The average molecular weight is 438 g/mol. The molecule has 1 unspecified atom stereocenters. The molecule has 1 aliphatic heterocycles. The van der Waals surface area contributed by atoms with Crippen molar-refractivity contribution in [1.29, 1.82) is 0 Å². The quantitative estimate of drug-likeness (QED) is 0.529. The van der Waals surface area contributed by atoms with Crippen LogP contribution in [0.1, 0.15) is 45.1 Å². The Hall–Kier alpha value is -1.82. The zero-order valence-electron chi connectivity index (χ0n) is 17.0. The fraction of sp³-hybridized carbons (Fsp3) is 0.455. The van der Waals surface area contributed by atoms with Gasteiger partial charge >= 0.3 is 5.97 Å². The molecule has 3 rings (SSSR count). The molecule has 0 bridgehead atoms. The van der Waals surface area contributed by atoms with Crippen LogP contribution in [0.15, 0.2) is 40.7 Å². The minimum atomic E-state index is -0.629. The second-order valence-corrected chi connectivity index (χ2v) is 8.99. The van der Waals surface area contributed by atoms with Gasteiger partial charge in [-0.05, 0) is 30.4 Å². The molecule has 0 spiro atoms. The van der Waals surface area contributed by atoms with Gasteiger partial charge in [0.25, 0.3) is 0 Å². The molecule has 0 fully saturated rings. The van der Waals surface area contributed by atoms with Gasteiger partial charge in [0.15, 0.2) is 5.78 Å². The lowest BCUT2D eigenvalue weighted by atomic mass is 9.68. The van der Waals surface area contributed by atoms with E-state index in [0.29, 0.717) is 45.3 Å². The second-order valence-electron chi connectivity index (χ2n) is 8.20. The van der Waals surface area contributed by atoms with Crippen LogP contribution in [0.25, 0.3) is 0 Å². The van der Waals surface area contributed by atoms with Crippen molar-refractivity contribution in [3.05, 3.63) is 56.3 Å². The van der Waals surface area contributed by atoms with E-state index < -0.39 is 11.9 Å². The van der Waals surface area contributed by atoms with E-state index in [-0.39, 0.29) is 24.4 Å². The highest BCUT2D eigenvalue weighted by atomic mass is 35.5. The normalized spacial score (nSPS) is 21.0. The minimum Gasteiger partial charge on any atom is -0.460 e. The molecular formula is C22H25Cl2NO4. The van der Waals surface area contributed by atoms with Gasteiger partial charge in [0.2, 0.25) is 0 Å². The first-order chi connectivity index (χ1) is 13.7. The number of Topliss-reactive ketones (excluding diaryl/α,β-unsaturated/α-hetero) is 1. The number of hydrogen-bond donors (Lipinski definition) is 1. The number of ketones is 1. The third-order valence-electron chi connectivity index (χ3n) is 5.27. The predicted molar refractivity (Wildman–Crippen MR) is 113 cm³/mol. The van der Waals surface area contributed by atoms with Crippen LogP contribution in [0, 0.1) is 5.41 Å². The highest BCUT2D eigenvalue weighted by Gasteiger charge is 2.43. The van der Waals surface area contributed by atoms with Crippen LogP contribution in [-0.2, 0) is 19.1 Å². The summed E-state index contributed by atoms with van der Waals surface area (Å²) < 4.78 is 10.4. The van der Waals surface area contributed by atoms with Crippen molar-refractivity contribution in [2.45, 2.75) is 39.5 Å². The van der Waals surface area contributed by atoms with Crippen LogP contribution in [0.5, 0.6) is 0 Å². The van der Waals surface area contributed by atoms with Crippen molar-refractivity contribution in [2.24, 2.45) is 5.41 Å². The van der Waals surface area contributed by atoms with Crippen LogP contribution < -0.4 is 5.32 Å². The van der Waals surface area contributed by atoms with Crippen molar-refractivity contribution < 1.29 is 19.1 Å². The van der Waals surface area contributed by atoms with Gasteiger partial charge in [-0.2, -0.15) is 0 Å². The highest BCUT2D eigenvalue weighted by molar-refractivity contribution is 6.42. The van der Waals surface area contributed by atoms with Crippen molar-refractivity contribution in [1.82, 2.24) is 5.32 Å². The first kappa shape index (κ1) is 21.9. The van der Waals surface area contributed by atoms with Gasteiger partial charge in [-0.15, -0.1) is 0 Å². The first-order valence-electron chi connectivity index (χ1n) is 9.50. The molecule has 5 nitrogen and oxygen atoms in total. The Kier molecular flexibility index (Phi) is 6.42. The molecule has 0 radical (unpaired) electrons. The van der Waals surface area contributed by atoms with Crippen LogP contribution in [0.2, 0.25) is 10.0 Å². The summed E-state index contributed by atoms with van der Waals surface area (Å²) in [5, 5.41) is 4.00. The molecule has 1 aliphatic carbocycles. The van der Waals surface area contributed by atoms with Gasteiger partial charge in [0, 0.05) is 36.4 Å². The van der Waals surface area contributed by atoms with Gasteiger partial charge in [-0.3, -0.25) is 4.79 Å². The Labute approximate surface area is 181 Å². The number of halogens is 2. The molecule has 1 N–H and O–H groups in total. The molecule has 156 valence electrons. The van der Waals surface area contributed by atoms with Gasteiger partial charge in [-0.25, -0.2) is 4.79 Å². The van der Waals surface area contributed by atoms with E-state index in [1.165, 1.54) is 7.11 Å². The molecule has 7 heteroatoms. The lowest BCUT2D eigenvalue weighted by molar-refractivity contribution is -0.140. The van der Waals surface area contributed by atoms with Gasteiger partial charge < -0.3 is 14.8 Å². The Bertz CT molecular complexity index is 917. The van der Waals surface area contributed by atoms with Crippen molar-refractivity contribution in [2.75, 3.05) is 20.3 Å². The van der Waals surface area contributed by atoms with Crippen LogP contribution >= 0.6 is 23.2 Å². The van der Waals surface area contributed by atoms with Gasteiger partial charge in [0.05, 0.1) is 22.2 Å². The molecule has 1 aromatic rings. The number of benzene rings is 1. The highest BCUT2D eigenvalue weighted by Crippen LogP contribution is 2.48. The fourth-order valence-electron chi connectivity index (χ4n) is 4.06. The molecular weight excluding hydrogens is 413 g/mol. The third-order valence-corrected chi connectivity index (χ3v) is 6.11. The van der Waals surface area contributed by atoms with E-state index in [4.69, 9.17) is 32.7 Å². The summed E-state index contributed by atoms with van der Waals surface area (Å²) in [6, 6.07) is 5.26. The zero-order valence-corrected chi connectivity index (χ0v) is 18.5. The van der Waals surface area contributed by atoms with E-state index in [9.17, 15) is 9.59 Å². The van der Waals surface area contributed by atoms with Crippen LogP contribution in [0.3, 0.4) is 0 Å². The molecule has 1 heterocycles. The lowest BCUT2D eigenvalue weighted by Crippen LogP contribution is -2.38. The van der Waals surface area contributed by atoms with Gasteiger partial charge in [-0.1, -0.05) is 49.2 Å². The number of allylic oxidation sites excluding steroid dienone is 3. The standard InChI is InChI=1S/C22H25Cl2NO4/c1-12-17(21(27)29-9-8-28-4)18(13-6-5-7-14(23)20(13)24)19-15(25-12)10-22(2,3)11-16(19)26/h5-7,18,25H,8-11H2,1-4H3. The maximum absolute atomic E-state index is 13.2. The summed E-state index contributed by atoms with van der Waals surface area (Å²) in [4.78, 5) is 26.2. The summed E-state index contributed by atoms with van der Waals surface area (Å²) in [5.41, 5.74) is 2.88. The van der Waals surface area contributed by atoms with E-state index in [1.54, 1.807) is 18.2 Å². The molecule has 29 heavy (non-hydrogen) atoms. The largest absolute Gasteiger partial charge is 0.460 e. The van der Waals surface area contributed by atoms with Crippen LogP contribution in [-0.4, -0.2) is 32.1 Å². The number of ether oxygens (including phenoxy) is 2. The maximum Gasteiger partial charge on any atom is 0.336 e. The number of nitrogens with one attached hydrogen (secondary N) is 1. The van der Waals surface area contributed by atoms with E-state index in [2.05, 4.69) is 19.2 Å². The summed E-state index contributed by atoms with van der Waals surface area (Å²) >= 11 is 12.8. The maximum atomic E-state index is 13.2. The predicted octanol–water partition coefficient (Wildman–Crippen LogP) is 4.79. The summed E-state index contributed by atoms with van der Waals surface area (Å²) in [6.45, 7) is 6.34. The minimum absolute atomic E-state index is 0.000478. The number of rotatable bonds is 5. The SMILES string of the molecule is COCCOC(=O)C1=C(C)NC2=C(C(=O)CC(C)(C)C2)C1c1cccc(Cl)c1Cl. The van der Waals surface area contributed by atoms with E-state index in [0.717, 1.165) is 5.70 Å². The topological polar surface area (TPSA) is 64.6 Å². The van der Waals surface area contributed by atoms with E-state index in [1.807, 2.05) is 6.92 Å². The molecule has 0 amide bonds.